The maximum atomic E-state index is 12.2. The van der Waals surface area contributed by atoms with Crippen LogP contribution in [0.15, 0.2) is 0 Å². The van der Waals surface area contributed by atoms with Crippen molar-refractivity contribution in [1.82, 2.24) is 4.90 Å². The third kappa shape index (κ3) is 2.03. The number of carbonyl (C=O) groups excluding carboxylic acids is 1. The molecule has 3 unspecified atom stereocenters. The topological polar surface area (TPSA) is 40.5 Å². The number of likely N-dealkylation sites (tertiary alicyclic amines) is 1. The minimum Gasteiger partial charge on any atom is -0.392 e. The van der Waals surface area contributed by atoms with Gasteiger partial charge in [-0.15, -0.1) is 0 Å². The molecular weight excluding hydrogens is 298 g/mol. The Morgan fingerprint density at radius 3 is 2.58 bits per heavy atom. The lowest BCUT2D eigenvalue weighted by atomic mass is 9.47. The van der Waals surface area contributed by atoms with Crippen LogP contribution in [0.1, 0.15) is 72.1 Å². The van der Waals surface area contributed by atoms with Crippen molar-refractivity contribution in [3.8, 4) is 0 Å². The number of amides is 1. The van der Waals surface area contributed by atoms with E-state index in [4.69, 9.17) is 0 Å². The van der Waals surface area contributed by atoms with Gasteiger partial charge in [0.25, 0.3) is 0 Å². The SMILES string of the molecule is CCC1C[C@H]2[C@@H]3CCC4N(C)C(=O)CC[C@]4(C)[C@@H]3CC[C@]2(C)C1O. The molecule has 4 aliphatic rings. The van der Waals surface area contributed by atoms with E-state index in [2.05, 4.69) is 25.7 Å². The maximum absolute atomic E-state index is 12.2. The summed E-state index contributed by atoms with van der Waals surface area (Å²) in [7, 11) is 2.03. The molecule has 1 heterocycles. The van der Waals surface area contributed by atoms with Gasteiger partial charge < -0.3 is 10.0 Å². The zero-order valence-corrected chi connectivity index (χ0v) is 15.9. The summed E-state index contributed by atoms with van der Waals surface area (Å²) in [5.74, 6) is 3.04. The summed E-state index contributed by atoms with van der Waals surface area (Å²) < 4.78 is 0. The molecule has 136 valence electrons. The molecule has 8 atom stereocenters. The van der Waals surface area contributed by atoms with Crippen LogP contribution in [0.4, 0.5) is 0 Å². The smallest absolute Gasteiger partial charge is 0.222 e. The zero-order chi connectivity index (χ0) is 17.3. The fraction of sp³-hybridized carbons (Fsp3) is 0.952. The average Bonchev–Trinajstić information content (AvgIpc) is 2.83. The molecule has 3 heteroatoms. The van der Waals surface area contributed by atoms with E-state index in [9.17, 15) is 9.90 Å². The molecule has 4 rings (SSSR count). The summed E-state index contributed by atoms with van der Waals surface area (Å²) in [5, 5.41) is 11.0. The molecule has 1 N–H and O–H groups in total. The first-order valence-corrected chi connectivity index (χ1v) is 10.3. The first-order valence-electron chi connectivity index (χ1n) is 10.3. The lowest BCUT2D eigenvalue weighted by molar-refractivity contribution is -0.160. The zero-order valence-electron chi connectivity index (χ0n) is 15.9. The molecule has 1 saturated heterocycles. The summed E-state index contributed by atoms with van der Waals surface area (Å²) in [6.07, 6.45) is 8.89. The van der Waals surface area contributed by atoms with Gasteiger partial charge in [-0.2, -0.15) is 0 Å². The van der Waals surface area contributed by atoms with Crippen LogP contribution in [-0.4, -0.2) is 35.1 Å². The van der Waals surface area contributed by atoms with Gasteiger partial charge >= 0.3 is 0 Å². The lowest BCUT2D eigenvalue weighted by Crippen LogP contribution is -2.61. The molecule has 1 amide bonds. The molecule has 0 spiro atoms. The van der Waals surface area contributed by atoms with Gasteiger partial charge in [0.1, 0.15) is 0 Å². The fourth-order valence-electron chi connectivity index (χ4n) is 7.69. The van der Waals surface area contributed by atoms with E-state index < -0.39 is 0 Å². The summed E-state index contributed by atoms with van der Waals surface area (Å²) in [4.78, 5) is 14.3. The van der Waals surface area contributed by atoms with Crippen molar-refractivity contribution >= 4 is 5.91 Å². The van der Waals surface area contributed by atoms with Crippen LogP contribution in [0.3, 0.4) is 0 Å². The van der Waals surface area contributed by atoms with Crippen LogP contribution in [0.25, 0.3) is 0 Å². The van der Waals surface area contributed by atoms with E-state index >= 15 is 0 Å². The van der Waals surface area contributed by atoms with Crippen molar-refractivity contribution in [3.05, 3.63) is 0 Å². The molecule has 4 fully saturated rings. The number of hydrogen-bond donors (Lipinski definition) is 1. The second-order valence-electron chi connectivity index (χ2n) is 9.87. The van der Waals surface area contributed by atoms with Crippen molar-refractivity contribution < 1.29 is 9.90 Å². The highest BCUT2D eigenvalue weighted by Crippen LogP contribution is 2.65. The predicted molar refractivity (Wildman–Crippen MR) is 95.3 cm³/mol. The molecule has 3 aliphatic carbocycles. The van der Waals surface area contributed by atoms with E-state index in [1.807, 2.05) is 7.05 Å². The molecule has 24 heavy (non-hydrogen) atoms. The van der Waals surface area contributed by atoms with Gasteiger partial charge in [-0.05, 0) is 73.0 Å². The molecule has 0 aromatic rings. The standard InChI is InChI=1S/C21H35NO2/c1-5-13-12-16-14-6-7-17-20(2,11-9-18(23)22(17)4)15(14)8-10-21(16,3)19(13)24/h13-17,19,24H,5-12H2,1-4H3/t13?,14-,15-,16+,17?,19?,20-,21+/m1/s1. The van der Waals surface area contributed by atoms with Crippen molar-refractivity contribution in [1.29, 1.82) is 0 Å². The van der Waals surface area contributed by atoms with Gasteiger partial charge in [-0.1, -0.05) is 27.2 Å². The first-order chi connectivity index (χ1) is 11.3. The highest BCUT2D eigenvalue weighted by Gasteiger charge is 2.62. The minimum absolute atomic E-state index is 0.102. The Labute approximate surface area is 147 Å². The van der Waals surface area contributed by atoms with Crippen LogP contribution in [0.5, 0.6) is 0 Å². The van der Waals surface area contributed by atoms with Crippen LogP contribution < -0.4 is 0 Å². The van der Waals surface area contributed by atoms with Crippen LogP contribution in [0.2, 0.25) is 0 Å². The van der Waals surface area contributed by atoms with E-state index in [-0.39, 0.29) is 11.5 Å². The van der Waals surface area contributed by atoms with Crippen molar-refractivity contribution in [2.45, 2.75) is 84.3 Å². The third-order valence-electron chi connectivity index (χ3n) is 9.20. The summed E-state index contributed by atoms with van der Waals surface area (Å²) in [6.45, 7) is 7.09. The molecule has 3 saturated carbocycles. The summed E-state index contributed by atoms with van der Waals surface area (Å²) >= 11 is 0. The Hall–Kier alpha value is -0.570. The quantitative estimate of drug-likeness (QED) is 0.792. The summed E-state index contributed by atoms with van der Waals surface area (Å²) in [6, 6.07) is 0.442. The van der Waals surface area contributed by atoms with Crippen LogP contribution >= 0.6 is 0 Å². The minimum atomic E-state index is -0.102. The number of carbonyl (C=O) groups is 1. The Morgan fingerprint density at radius 1 is 1.12 bits per heavy atom. The second kappa shape index (κ2) is 5.46. The Morgan fingerprint density at radius 2 is 1.88 bits per heavy atom. The van der Waals surface area contributed by atoms with E-state index in [1.54, 1.807) is 0 Å². The monoisotopic (exact) mass is 333 g/mol. The van der Waals surface area contributed by atoms with E-state index in [1.165, 1.54) is 32.1 Å². The van der Waals surface area contributed by atoms with E-state index in [0.29, 0.717) is 29.2 Å². The van der Waals surface area contributed by atoms with E-state index in [0.717, 1.165) is 31.1 Å². The maximum Gasteiger partial charge on any atom is 0.222 e. The molecule has 1 aliphatic heterocycles. The number of rotatable bonds is 1. The summed E-state index contributed by atoms with van der Waals surface area (Å²) in [5.41, 5.74) is 0.434. The number of piperidine rings is 1. The predicted octanol–water partition coefficient (Wildman–Crippen LogP) is 3.85. The molecule has 3 nitrogen and oxygen atoms in total. The van der Waals surface area contributed by atoms with Gasteiger partial charge in [-0.25, -0.2) is 0 Å². The highest BCUT2D eigenvalue weighted by molar-refractivity contribution is 5.77. The fourth-order valence-corrected chi connectivity index (χ4v) is 7.69. The van der Waals surface area contributed by atoms with Crippen molar-refractivity contribution in [3.63, 3.8) is 0 Å². The van der Waals surface area contributed by atoms with Gasteiger partial charge in [0.2, 0.25) is 5.91 Å². The number of nitrogens with zero attached hydrogens (tertiary/aromatic N) is 1. The first kappa shape index (κ1) is 16.9. The highest BCUT2D eigenvalue weighted by atomic mass is 16.3. The molecule has 0 aromatic heterocycles. The largest absolute Gasteiger partial charge is 0.392 e. The van der Waals surface area contributed by atoms with Crippen LogP contribution in [-0.2, 0) is 4.79 Å². The molecule has 0 bridgehead atoms. The number of hydrogen-bond acceptors (Lipinski definition) is 2. The number of fused-ring (bicyclic) bond motifs is 5. The lowest BCUT2D eigenvalue weighted by Gasteiger charge is -2.61. The molecule has 0 aromatic carbocycles. The Kier molecular flexibility index (Phi) is 3.84. The van der Waals surface area contributed by atoms with Gasteiger partial charge in [-0.3, -0.25) is 4.79 Å². The van der Waals surface area contributed by atoms with Crippen LogP contribution in [0, 0.1) is 34.5 Å². The van der Waals surface area contributed by atoms with Gasteiger partial charge in [0, 0.05) is 19.5 Å². The van der Waals surface area contributed by atoms with Gasteiger partial charge in [0.05, 0.1) is 6.10 Å². The molecule has 0 radical (unpaired) electrons. The number of aliphatic hydroxyl groups is 1. The Balaban J connectivity index is 1.65. The van der Waals surface area contributed by atoms with Crippen molar-refractivity contribution in [2.24, 2.45) is 34.5 Å². The Bertz CT molecular complexity index is 534. The van der Waals surface area contributed by atoms with Crippen molar-refractivity contribution in [2.75, 3.05) is 7.05 Å². The third-order valence-corrected chi connectivity index (χ3v) is 9.20. The normalized spacial score (nSPS) is 54.2. The molecular formula is C21H35NO2. The number of aliphatic hydroxyl groups excluding tert-OH is 1. The van der Waals surface area contributed by atoms with Gasteiger partial charge in [0.15, 0.2) is 0 Å². The second-order valence-corrected chi connectivity index (χ2v) is 9.87. The average molecular weight is 334 g/mol.